The Bertz CT molecular complexity index is 382. The van der Waals surface area contributed by atoms with E-state index < -0.39 is 0 Å². The van der Waals surface area contributed by atoms with Gasteiger partial charge in [0.05, 0.1) is 13.2 Å². The lowest BCUT2D eigenvalue weighted by atomic mass is 9.91. The molecule has 0 aromatic heterocycles. The van der Waals surface area contributed by atoms with Crippen molar-refractivity contribution < 1.29 is 4.74 Å². The average molecular weight is 203 g/mol. The van der Waals surface area contributed by atoms with Gasteiger partial charge in [-0.2, -0.15) is 0 Å². The predicted octanol–water partition coefficient (Wildman–Crippen LogP) is 1.75. The summed E-state index contributed by atoms with van der Waals surface area (Å²) < 4.78 is 5.44. The Hall–Kier alpha value is -0.860. The fraction of sp³-hybridized carbons (Fsp3) is 0.538. The molecule has 2 heteroatoms. The van der Waals surface area contributed by atoms with Crippen molar-refractivity contribution in [3.05, 3.63) is 34.9 Å². The molecule has 3 rings (SSSR count). The molecule has 15 heavy (non-hydrogen) atoms. The summed E-state index contributed by atoms with van der Waals surface area (Å²) in [6.45, 7) is 2.44. The van der Waals surface area contributed by atoms with Crippen LogP contribution in [0.5, 0.6) is 0 Å². The average Bonchev–Trinajstić information content (AvgIpc) is 3.09. The van der Waals surface area contributed by atoms with Gasteiger partial charge in [-0.25, -0.2) is 0 Å². The first-order valence-electron chi connectivity index (χ1n) is 5.74. The summed E-state index contributed by atoms with van der Waals surface area (Å²) in [6, 6.07) is 6.82. The molecule has 1 saturated carbocycles. The normalized spacial score (nSPS) is 22.2. The topological polar surface area (TPSA) is 35.2 Å². The Morgan fingerprint density at radius 1 is 1.27 bits per heavy atom. The van der Waals surface area contributed by atoms with Crippen LogP contribution in [0.1, 0.15) is 29.5 Å². The highest BCUT2D eigenvalue weighted by molar-refractivity contribution is 5.39. The van der Waals surface area contributed by atoms with Crippen LogP contribution in [0.15, 0.2) is 18.2 Å². The third-order valence-corrected chi connectivity index (χ3v) is 3.84. The Morgan fingerprint density at radius 3 is 2.87 bits per heavy atom. The van der Waals surface area contributed by atoms with Gasteiger partial charge in [0.25, 0.3) is 0 Å². The van der Waals surface area contributed by atoms with E-state index in [-0.39, 0.29) is 0 Å². The maximum atomic E-state index is 5.85. The highest BCUT2D eigenvalue weighted by atomic mass is 16.5. The fourth-order valence-corrected chi connectivity index (χ4v) is 2.46. The molecule has 0 amide bonds. The van der Waals surface area contributed by atoms with E-state index in [2.05, 4.69) is 18.2 Å². The van der Waals surface area contributed by atoms with Crippen LogP contribution in [0, 0.1) is 0 Å². The Kier molecular flexibility index (Phi) is 2.08. The molecule has 1 aliphatic carbocycles. The molecular weight excluding hydrogens is 186 g/mol. The lowest BCUT2D eigenvalue weighted by molar-refractivity contribution is 0.110. The first-order valence-corrected chi connectivity index (χ1v) is 5.74. The second-order valence-corrected chi connectivity index (χ2v) is 4.77. The summed E-state index contributed by atoms with van der Waals surface area (Å²) >= 11 is 0. The van der Waals surface area contributed by atoms with Crippen LogP contribution in [0.2, 0.25) is 0 Å². The third kappa shape index (κ3) is 1.48. The van der Waals surface area contributed by atoms with Gasteiger partial charge in [-0.05, 0) is 36.0 Å². The van der Waals surface area contributed by atoms with Crippen LogP contribution in [-0.2, 0) is 23.2 Å². The zero-order valence-corrected chi connectivity index (χ0v) is 8.96. The summed E-state index contributed by atoms with van der Waals surface area (Å²) in [6.07, 6.45) is 3.58. The second kappa shape index (κ2) is 3.32. The molecule has 0 atom stereocenters. The molecule has 2 N–H and O–H groups in total. The lowest BCUT2D eigenvalue weighted by Crippen LogP contribution is -2.20. The molecule has 1 aromatic rings. The van der Waals surface area contributed by atoms with Gasteiger partial charge in [0.1, 0.15) is 0 Å². The summed E-state index contributed by atoms with van der Waals surface area (Å²) in [5.74, 6) is 0. The number of ether oxygens (including phenoxy) is 1. The smallest absolute Gasteiger partial charge is 0.0719 e. The van der Waals surface area contributed by atoms with Crippen LogP contribution < -0.4 is 5.73 Å². The minimum atomic E-state index is 0.327. The largest absolute Gasteiger partial charge is 0.376 e. The monoisotopic (exact) mass is 203 g/mol. The quantitative estimate of drug-likeness (QED) is 0.794. The molecule has 0 unspecified atom stereocenters. The van der Waals surface area contributed by atoms with E-state index in [9.17, 15) is 0 Å². The van der Waals surface area contributed by atoms with Gasteiger partial charge in [-0.15, -0.1) is 0 Å². The number of fused-ring (bicyclic) bond motifs is 1. The standard InChI is InChI=1S/C13H17NO/c14-9-13(4-5-13)12-2-1-11-8-15-6-3-10(11)7-12/h1-2,7H,3-6,8-9,14H2. The van der Waals surface area contributed by atoms with Crippen molar-refractivity contribution in [3.63, 3.8) is 0 Å². The molecule has 1 fully saturated rings. The molecule has 0 spiro atoms. The highest BCUT2D eigenvalue weighted by Crippen LogP contribution is 2.47. The molecule has 0 bridgehead atoms. The summed E-state index contributed by atoms with van der Waals surface area (Å²) in [4.78, 5) is 0. The van der Waals surface area contributed by atoms with Gasteiger partial charge in [0, 0.05) is 12.0 Å². The SMILES string of the molecule is NCC1(c2ccc3c(c2)CCOC3)CC1. The summed E-state index contributed by atoms with van der Waals surface area (Å²) in [7, 11) is 0. The van der Waals surface area contributed by atoms with E-state index >= 15 is 0 Å². The Labute approximate surface area is 90.4 Å². The van der Waals surface area contributed by atoms with Crippen molar-refractivity contribution in [2.75, 3.05) is 13.2 Å². The number of hydrogen-bond acceptors (Lipinski definition) is 2. The molecule has 1 heterocycles. The Balaban J connectivity index is 1.97. The van der Waals surface area contributed by atoms with Gasteiger partial charge < -0.3 is 10.5 Å². The van der Waals surface area contributed by atoms with Crippen molar-refractivity contribution in [1.29, 1.82) is 0 Å². The fourth-order valence-electron chi connectivity index (χ4n) is 2.46. The first kappa shape index (κ1) is 9.37. The van der Waals surface area contributed by atoms with E-state index in [1.165, 1.54) is 29.5 Å². The van der Waals surface area contributed by atoms with Crippen molar-refractivity contribution >= 4 is 0 Å². The van der Waals surface area contributed by atoms with Crippen LogP contribution in [0.25, 0.3) is 0 Å². The van der Waals surface area contributed by atoms with Crippen molar-refractivity contribution in [2.45, 2.75) is 31.3 Å². The van der Waals surface area contributed by atoms with Gasteiger partial charge in [-0.3, -0.25) is 0 Å². The van der Waals surface area contributed by atoms with E-state index in [4.69, 9.17) is 10.5 Å². The molecule has 0 radical (unpaired) electrons. The van der Waals surface area contributed by atoms with E-state index in [1.807, 2.05) is 0 Å². The van der Waals surface area contributed by atoms with E-state index in [0.29, 0.717) is 5.41 Å². The van der Waals surface area contributed by atoms with E-state index in [1.54, 1.807) is 0 Å². The van der Waals surface area contributed by atoms with Gasteiger partial charge >= 0.3 is 0 Å². The van der Waals surface area contributed by atoms with Crippen molar-refractivity contribution in [1.82, 2.24) is 0 Å². The summed E-state index contributed by atoms with van der Waals surface area (Å²) in [5, 5.41) is 0. The first-order chi connectivity index (χ1) is 7.34. The molecule has 2 aliphatic rings. The van der Waals surface area contributed by atoms with Crippen LogP contribution in [0.4, 0.5) is 0 Å². The van der Waals surface area contributed by atoms with Crippen LogP contribution in [0.3, 0.4) is 0 Å². The van der Waals surface area contributed by atoms with Crippen molar-refractivity contribution in [3.8, 4) is 0 Å². The van der Waals surface area contributed by atoms with Gasteiger partial charge in [0.15, 0.2) is 0 Å². The molecular formula is C13H17NO. The Morgan fingerprint density at radius 2 is 2.13 bits per heavy atom. The van der Waals surface area contributed by atoms with Gasteiger partial charge in [0.2, 0.25) is 0 Å². The zero-order chi connectivity index (χ0) is 10.3. The molecule has 0 saturated heterocycles. The number of nitrogens with two attached hydrogens (primary N) is 1. The number of benzene rings is 1. The minimum absolute atomic E-state index is 0.327. The maximum absolute atomic E-state index is 5.85. The van der Waals surface area contributed by atoms with E-state index in [0.717, 1.165) is 26.2 Å². The lowest BCUT2D eigenvalue weighted by Gasteiger charge is -2.20. The molecule has 1 aliphatic heterocycles. The molecule has 2 nitrogen and oxygen atoms in total. The molecule has 80 valence electrons. The third-order valence-electron chi connectivity index (χ3n) is 3.84. The zero-order valence-electron chi connectivity index (χ0n) is 8.96. The van der Waals surface area contributed by atoms with Gasteiger partial charge in [-0.1, -0.05) is 18.2 Å². The highest BCUT2D eigenvalue weighted by Gasteiger charge is 2.42. The number of hydrogen-bond donors (Lipinski definition) is 1. The minimum Gasteiger partial charge on any atom is -0.376 e. The second-order valence-electron chi connectivity index (χ2n) is 4.77. The number of rotatable bonds is 2. The van der Waals surface area contributed by atoms with Crippen molar-refractivity contribution in [2.24, 2.45) is 5.73 Å². The maximum Gasteiger partial charge on any atom is 0.0719 e. The molecule has 1 aromatic carbocycles. The predicted molar refractivity (Wildman–Crippen MR) is 59.8 cm³/mol. The van der Waals surface area contributed by atoms with Crippen LogP contribution >= 0.6 is 0 Å². The van der Waals surface area contributed by atoms with Crippen LogP contribution in [-0.4, -0.2) is 13.2 Å². The summed E-state index contributed by atoms with van der Waals surface area (Å²) in [5.41, 5.74) is 10.5.